The van der Waals surface area contributed by atoms with Gasteiger partial charge in [-0.15, -0.1) is 0 Å². The van der Waals surface area contributed by atoms with Gasteiger partial charge in [-0.25, -0.2) is 4.79 Å². The van der Waals surface area contributed by atoms with E-state index in [2.05, 4.69) is 15.3 Å². The highest BCUT2D eigenvalue weighted by atomic mass is 16.7. The maximum atomic E-state index is 11.5. The van der Waals surface area contributed by atoms with Crippen molar-refractivity contribution in [1.29, 1.82) is 0 Å². The van der Waals surface area contributed by atoms with Crippen LogP contribution in [0.4, 0.5) is 10.5 Å². The molecule has 0 aromatic heterocycles. The Bertz CT molecular complexity index is 534. The highest BCUT2D eigenvalue weighted by Gasteiger charge is 2.42. The molecule has 22 heavy (non-hydrogen) atoms. The van der Waals surface area contributed by atoms with Gasteiger partial charge >= 0.3 is 6.09 Å². The van der Waals surface area contributed by atoms with Crippen molar-refractivity contribution in [1.82, 2.24) is 0 Å². The van der Waals surface area contributed by atoms with Crippen LogP contribution >= 0.6 is 0 Å². The minimum absolute atomic E-state index is 0.474. The number of hydrogen-bond donors (Lipinski definition) is 5. The quantitative estimate of drug-likeness (QED) is 0.357. The second-order valence-corrected chi connectivity index (χ2v) is 4.56. The molecule has 0 unspecified atom stereocenters. The largest absolute Gasteiger partial charge is 0.468 e. The van der Waals surface area contributed by atoms with Crippen molar-refractivity contribution < 1.29 is 34.8 Å². The lowest BCUT2D eigenvalue weighted by atomic mass is 10.00. The van der Waals surface area contributed by atoms with E-state index in [1.165, 1.54) is 0 Å². The molecule has 0 bridgehead atoms. The van der Waals surface area contributed by atoms with Gasteiger partial charge in [0, 0.05) is 5.69 Å². The van der Waals surface area contributed by atoms with Gasteiger partial charge in [0.1, 0.15) is 12.2 Å². The van der Waals surface area contributed by atoms with Gasteiger partial charge in [-0.2, -0.15) is 0 Å². The summed E-state index contributed by atoms with van der Waals surface area (Å²) in [6, 6.07) is 8.44. The van der Waals surface area contributed by atoms with Gasteiger partial charge in [-0.1, -0.05) is 18.2 Å². The van der Waals surface area contributed by atoms with E-state index >= 15 is 0 Å². The summed E-state index contributed by atoms with van der Waals surface area (Å²) in [4.78, 5) is 16.0. The number of oxime groups is 1. The van der Waals surface area contributed by atoms with Crippen LogP contribution in [0.25, 0.3) is 0 Å². The molecule has 1 heterocycles. The number of hydrogen-bond acceptors (Lipinski definition) is 8. The number of carbonyl (C=O) groups is 1. The summed E-state index contributed by atoms with van der Waals surface area (Å²) in [6.45, 7) is -0.611. The minimum Gasteiger partial charge on any atom is -0.468 e. The Hall–Kier alpha value is -2.20. The normalized spacial score (nSPS) is 29.7. The zero-order valence-corrected chi connectivity index (χ0v) is 11.4. The zero-order valence-electron chi connectivity index (χ0n) is 11.4. The second kappa shape index (κ2) is 7.18. The Morgan fingerprint density at radius 3 is 2.55 bits per heavy atom. The van der Waals surface area contributed by atoms with E-state index in [0.29, 0.717) is 5.69 Å². The third kappa shape index (κ3) is 3.71. The standard InChI is InChI=1S/C13H16N2O7/c16-6-8-9(17)10(18)11(19)12(21-8)15-22-13(20)14-7-4-2-1-3-5-7/h1-5,8-11,16-19H,6H2,(H,14,20)/b15-12-/t8-,9-,10+,11-/m1/s1. The number of para-hydroxylation sites is 1. The van der Waals surface area contributed by atoms with E-state index in [4.69, 9.17) is 9.84 Å². The summed E-state index contributed by atoms with van der Waals surface area (Å²) in [5.74, 6) is -0.514. The SMILES string of the molecule is O=C(Nc1ccccc1)O/N=C1\O[C@H](CO)[C@@H](O)[C@H](O)[C@H]1O. The van der Waals surface area contributed by atoms with E-state index < -0.39 is 43.0 Å². The highest BCUT2D eigenvalue weighted by molar-refractivity contribution is 5.86. The lowest BCUT2D eigenvalue weighted by molar-refractivity contribution is -0.130. The van der Waals surface area contributed by atoms with Gasteiger partial charge in [0.15, 0.2) is 12.2 Å². The van der Waals surface area contributed by atoms with Gasteiger partial charge in [0.2, 0.25) is 0 Å². The molecule has 1 amide bonds. The average Bonchev–Trinajstić information content (AvgIpc) is 2.53. The van der Waals surface area contributed by atoms with E-state index in [9.17, 15) is 20.1 Å². The molecule has 1 aliphatic rings. The highest BCUT2D eigenvalue weighted by Crippen LogP contribution is 2.17. The molecule has 5 N–H and O–H groups in total. The van der Waals surface area contributed by atoms with Crippen LogP contribution < -0.4 is 5.32 Å². The smallest absolute Gasteiger partial charge is 0.437 e. The molecule has 1 saturated heterocycles. The fourth-order valence-electron chi connectivity index (χ4n) is 1.82. The number of aliphatic hydroxyl groups is 4. The van der Waals surface area contributed by atoms with Crippen molar-refractivity contribution in [2.24, 2.45) is 5.16 Å². The van der Waals surface area contributed by atoms with Crippen molar-refractivity contribution in [3.63, 3.8) is 0 Å². The van der Waals surface area contributed by atoms with Crippen LogP contribution in [0.15, 0.2) is 35.5 Å². The van der Waals surface area contributed by atoms with Crippen molar-refractivity contribution in [2.45, 2.75) is 24.4 Å². The van der Waals surface area contributed by atoms with Gasteiger partial charge in [-0.3, -0.25) is 10.2 Å². The second-order valence-electron chi connectivity index (χ2n) is 4.56. The number of nitrogens with one attached hydrogen (secondary N) is 1. The van der Waals surface area contributed by atoms with Crippen LogP contribution in [0.2, 0.25) is 0 Å². The molecule has 2 rings (SSSR count). The molecule has 9 heteroatoms. The Morgan fingerprint density at radius 1 is 1.23 bits per heavy atom. The molecule has 0 spiro atoms. The molecule has 1 aromatic carbocycles. The molecular weight excluding hydrogens is 296 g/mol. The summed E-state index contributed by atoms with van der Waals surface area (Å²) in [5.41, 5.74) is 0.474. The molecule has 1 aliphatic heterocycles. The molecule has 1 aromatic rings. The summed E-state index contributed by atoms with van der Waals surface area (Å²) in [5, 5.41) is 43.5. The predicted molar refractivity (Wildman–Crippen MR) is 74.0 cm³/mol. The number of aliphatic hydroxyl groups excluding tert-OH is 4. The minimum atomic E-state index is -1.68. The molecule has 120 valence electrons. The topological polar surface area (TPSA) is 141 Å². The van der Waals surface area contributed by atoms with Gasteiger partial charge in [-0.05, 0) is 17.3 Å². The van der Waals surface area contributed by atoms with Crippen molar-refractivity contribution >= 4 is 17.7 Å². The summed E-state index contributed by atoms with van der Waals surface area (Å²) >= 11 is 0. The first-order valence-electron chi connectivity index (χ1n) is 6.45. The maximum Gasteiger partial charge on any atom is 0.437 e. The number of nitrogens with zero attached hydrogens (tertiary/aromatic N) is 1. The third-order valence-corrected chi connectivity index (χ3v) is 3.00. The first kappa shape index (κ1) is 16.2. The number of benzene rings is 1. The molecule has 0 radical (unpaired) electrons. The van der Waals surface area contributed by atoms with Crippen molar-refractivity contribution in [3.8, 4) is 0 Å². The van der Waals surface area contributed by atoms with Crippen LogP contribution in [0.3, 0.4) is 0 Å². The average molecular weight is 312 g/mol. The number of ether oxygens (including phenoxy) is 1. The summed E-state index contributed by atoms with van der Waals surface area (Å²) in [7, 11) is 0. The molecule has 1 fully saturated rings. The van der Waals surface area contributed by atoms with Crippen LogP contribution in [0.1, 0.15) is 0 Å². The Balaban J connectivity index is 1.98. The molecule has 9 nitrogen and oxygen atoms in total. The van der Waals surface area contributed by atoms with E-state index in [-0.39, 0.29) is 0 Å². The first-order valence-corrected chi connectivity index (χ1v) is 6.45. The van der Waals surface area contributed by atoms with E-state index in [1.54, 1.807) is 30.3 Å². The van der Waals surface area contributed by atoms with Crippen molar-refractivity contribution in [3.05, 3.63) is 30.3 Å². The first-order chi connectivity index (χ1) is 10.5. The van der Waals surface area contributed by atoms with Crippen LogP contribution in [0.5, 0.6) is 0 Å². The van der Waals surface area contributed by atoms with Gasteiger partial charge in [0.05, 0.1) is 6.61 Å². The van der Waals surface area contributed by atoms with Crippen LogP contribution in [-0.2, 0) is 9.57 Å². The van der Waals surface area contributed by atoms with Crippen LogP contribution in [-0.4, -0.2) is 63.4 Å². The number of carbonyl (C=O) groups excluding carboxylic acids is 1. The van der Waals surface area contributed by atoms with Gasteiger partial charge < -0.3 is 25.2 Å². The number of anilines is 1. The van der Waals surface area contributed by atoms with E-state index in [0.717, 1.165) is 0 Å². The Kier molecular flexibility index (Phi) is 5.28. The fraction of sp³-hybridized carbons (Fsp3) is 0.385. The lowest BCUT2D eigenvalue weighted by Gasteiger charge is -2.34. The third-order valence-electron chi connectivity index (χ3n) is 3.00. The van der Waals surface area contributed by atoms with E-state index in [1.807, 2.05) is 0 Å². The summed E-state index contributed by atoms with van der Waals surface area (Å²) < 4.78 is 4.97. The zero-order chi connectivity index (χ0) is 16.1. The Labute approximate surface area is 125 Å². The summed E-state index contributed by atoms with van der Waals surface area (Å²) in [6.07, 6.45) is -6.90. The van der Waals surface area contributed by atoms with Crippen molar-refractivity contribution in [2.75, 3.05) is 11.9 Å². The monoisotopic (exact) mass is 312 g/mol. The number of rotatable bonds is 3. The Morgan fingerprint density at radius 2 is 1.91 bits per heavy atom. The number of amides is 1. The van der Waals surface area contributed by atoms with Gasteiger partial charge in [0.25, 0.3) is 5.90 Å². The molecule has 0 saturated carbocycles. The predicted octanol–water partition coefficient (Wildman–Crippen LogP) is -0.978. The molecule has 0 aliphatic carbocycles. The maximum absolute atomic E-state index is 11.5. The lowest BCUT2D eigenvalue weighted by Crippen LogP contribution is -2.56. The fourth-order valence-corrected chi connectivity index (χ4v) is 1.82. The van der Waals surface area contributed by atoms with Crippen LogP contribution in [0, 0.1) is 0 Å². The molecule has 4 atom stereocenters. The molecular formula is C13H16N2O7.